The van der Waals surface area contributed by atoms with Crippen LogP contribution in [0.5, 0.6) is 0 Å². The van der Waals surface area contributed by atoms with Crippen LogP contribution in [0, 0.1) is 6.92 Å². The van der Waals surface area contributed by atoms with Crippen LogP contribution in [0.3, 0.4) is 0 Å². The number of allylic oxidation sites excluding steroid dienone is 2. The number of para-hydroxylation sites is 1. The second-order valence-corrected chi connectivity index (χ2v) is 8.43. The molecule has 0 bridgehead atoms. The summed E-state index contributed by atoms with van der Waals surface area (Å²) in [6.45, 7) is 2.45. The molecule has 1 heterocycles. The monoisotopic (exact) mass is 422 g/mol. The number of aryl methyl sites for hydroxylation is 1. The van der Waals surface area contributed by atoms with Gasteiger partial charge in [0.15, 0.2) is 0 Å². The van der Waals surface area contributed by atoms with E-state index in [1.807, 2.05) is 19.1 Å². The van der Waals surface area contributed by atoms with Gasteiger partial charge >= 0.3 is 5.97 Å². The fourth-order valence-corrected chi connectivity index (χ4v) is 4.70. The maximum Gasteiger partial charge on any atom is 0.336 e. The molecule has 1 aliphatic carbocycles. The number of carbonyl (C=O) groups is 1. The topological polar surface area (TPSA) is 55.1 Å². The minimum atomic E-state index is -0.906. The first-order valence-corrected chi connectivity index (χ1v) is 11.2. The maximum absolute atomic E-state index is 11.7. The van der Waals surface area contributed by atoms with E-state index in [0.717, 1.165) is 40.0 Å². The van der Waals surface area contributed by atoms with E-state index in [-0.39, 0.29) is 0 Å². The Morgan fingerprint density at radius 3 is 2.50 bits per heavy atom. The highest BCUT2D eigenvalue weighted by molar-refractivity contribution is 5.93. The van der Waals surface area contributed by atoms with Gasteiger partial charge < -0.3 is 9.67 Å². The average molecular weight is 423 g/mol. The van der Waals surface area contributed by atoms with Crippen LogP contribution >= 0.6 is 0 Å². The number of hydrogen-bond acceptors (Lipinski definition) is 2. The zero-order chi connectivity index (χ0) is 22.1. The Kier molecular flexibility index (Phi) is 5.36. The largest absolute Gasteiger partial charge is 0.478 e. The summed E-state index contributed by atoms with van der Waals surface area (Å²) in [5.74, 6) is -0.0341. The van der Waals surface area contributed by atoms with Crippen LogP contribution < -0.4 is 0 Å². The molecular formula is C28H26N2O2. The molecule has 1 aliphatic rings. The van der Waals surface area contributed by atoms with E-state index in [0.29, 0.717) is 12.1 Å². The summed E-state index contributed by atoms with van der Waals surface area (Å²) < 4.78 is 2.10. The zero-order valence-electron chi connectivity index (χ0n) is 18.2. The first-order chi connectivity index (χ1) is 15.6. The van der Waals surface area contributed by atoms with E-state index >= 15 is 0 Å². The predicted octanol–water partition coefficient (Wildman–Crippen LogP) is 6.72. The summed E-state index contributed by atoms with van der Waals surface area (Å²) >= 11 is 0. The van der Waals surface area contributed by atoms with Crippen molar-refractivity contribution in [3.8, 4) is 11.1 Å². The summed E-state index contributed by atoms with van der Waals surface area (Å²) in [5.41, 5.74) is 8.08. The van der Waals surface area contributed by atoms with E-state index in [1.54, 1.807) is 12.1 Å². The Morgan fingerprint density at radius 2 is 1.75 bits per heavy atom. The van der Waals surface area contributed by atoms with Crippen molar-refractivity contribution >= 4 is 22.6 Å². The van der Waals surface area contributed by atoms with Crippen LogP contribution in [0.25, 0.3) is 27.7 Å². The number of fused-ring (bicyclic) bond motifs is 1. The molecule has 0 radical (unpaired) electrons. The van der Waals surface area contributed by atoms with Crippen molar-refractivity contribution in [3.05, 3.63) is 95.3 Å². The first kappa shape index (κ1) is 20.3. The van der Waals surface area contributed by atoms with E-state index in [1.165, 1.54) is 30.4 Å². The van der Waals surface area contributed by atoms with Gasteiger partial charge in [0.1, 0.15) is 5.82 Å². The minimum Gasteiger partial charge on any atom is -0.478 e. The van der Waals surface area contributed by atoms with Gasteiger partial charge in [-0.25, -0.2) is 9.78 Å². The van der Waals surface area contributed by atoms with E-state index in [2.05, 4.69) is 53.1 Å². The summed E-state index contributed by atoms with van der Waals surface area (Å²) in [7, 11) is 0. The highest BCUT2D eigenvalue weighted by Crippen LogP contribution is 2.32. The molecule has 4 aromatic rings. The molecule has 0 spiro atoms. The molecule has 32 heavy (non-hydrogen) atoms. The molecule has 0 saturated heterocycles. The van der Waals surface area contributed by atoms with Crippen LogP contribution in [-0.4, -0.2) is 20.6 Å². The number of nitrogens with zero attached hydrogens (tertiary/aromatic N) is 2. The molecule has 0 unspecified atom stereocenters. The van der Waals surface area contributed by atoms with Crippen molar-refractivity contribution in [2.45, 2.75) is 39.2 Å². The van der Waals surface area contributed by atoms with Gasteiger partial charge in [0.2, 0.25) is 0 Å². The number of benzene rings is 3. The van der Waals surface area contributed by atoms with Crippen molar-refractivity contribution in [2.75, 3.05) is 0 Å². The number of carboxylic acid groups (broad SMARTS) is 1. The minimum absolute atomic E-state index is 0.331. The molecule has 1 aromatic heterocycles. The van der Waals surface area contributed by atoms with Crippen molar-refractivity contribution in [2.24, 2.45) is 0 Å². The molecule has 0 atom stereocenters. The third-order valence-corrected chi connectivity index (χ3v) is 6.40. The van der Waals surface area contributed by atoms with Gasteiger partial charge in [-0.3, -0.25) is 0 Å². The van der Waals surface area contributed by atoms with Crippen LogP contribution in [0.2, 0.25) is 0 Å². The molecular weight excluding hydrogens is 396 g/mol. The SMILES string of the molecule is Cc1nc2c(-c3ccc(C4=CCCCC4)cc3)cccc2n1Cc1ccccc1C(=O)O. The molecule has 160 valence electrons. The number of imidazole rings is 1. The zero-order valence-corrected chi connectivity index (χ0v) is 18.2. The Labute approximate surface area is 187 Å². The number of rotatable bonds is 5. The van der Waals surface area contributed by atoms with Gasteiger partial charge in [0, 0.05) is 5.56 Å². The van der Waals surface area contributed by atoms with Gasteiger partial charge in [-0.1, -0.05) is 60.7 Å². The third kappa shape index (κ3) is 3.73. The normalized spacial score (nSPS) is 13.8. The van der Waals surface area contributed by atoms with Crippen molar-refractivity contribution in [1.82, 2.24) is 9.55 Å². The summed E-state index contributed by atoms with van der Waals surface area (Å²) in [6.07, 6.45) is 7.28. The third-order valence-electron chi connectivity index (χ3n) is 6.40. The fraction of sp³-hybridized carbons (Fsp3) is 0.214. The van der Waals surface area contributed by atoms with E-state index in [9.17, 15) is 9.90 Å². The Hall–Kier alpha value is -3.66. The molecule has 0 amide bonds. The molecule has 0 aliphatic heterocycles. The maximum atomic E-state index is 11.7. The predicted molar refractivity (Wildman–Crippen MR) is 129 cm³/mol. The van der Waals surface area contributed by atoms with Gasteiger partial charge in [-0.15, -0.1) is 0 Å². The van der Waals surface area contributed by atoms with Gasteiger partial charge in [-0.2, -0.15) is 0 Å². The summed E-state index contributed by atoms with van der Waals surface area (Å²) in [6, 6.07) is 22.2. The fourth-order valence-electron chi connectivity index (χ4n) is 4.70. The highest BCUT2D eigenvalue weighted by atomic mass is 16.4. The number of hydrogen-bond donors (Lipinski definition) is 1. The molecule has 0 saturated carbocycles. The molecule has 3 aromatic carbocycles. The Balaban J connectivity index is 1.53. The van der Waals surface area contributed by atoms with E-state index in [4.69, 9.17) is 4.98 Å². The lowest BCUT2D eigenvalue weighted by molar-refractivity contribution is 0.0695. The number of aromatic nitrogens is 2. The standard InChI is InChI=1S/C28H26N2O2/c1-19-29-27-24(22-16-14-21(15-17-22)20-8-3-2-4-9-20)12-7-13-26(27)30(19)18-23-10-5-6-11-25(23)28(31)32/h5-8,10-17H,2-4,9,18H2,1H3,(H,31,32). The van der Waals surface area contributed by atoms with Crippen LogP contribution in [-0.2, 0) is 6.54 Å². The molecule has 4 nitrogen and oxygen atoms in total. The summed E-state index contributed by atoms with van der Waals surface area (Å²) in [4.78, 5) is 16.5. The lowest BCUT2D eigenvalue weighted by atomic mass is 9.92. The summed E-state index contributed by atoms with van der Waals surface area (Å²) in [5, 5.41) is 9.56. The lowest BCUT2D eigenvalue weighted by Gasteiger charge is -2.13. The molecule has 4 heteroatoms. The van der Waals surface area contributed by atoms with E-state index < -0.39 is 5.97 Å². The van der Waals surface area contributed by atoms with Crippen LogP contribution in [0.4, 0.5) is 0 Å². The lowest BCUT2D eigenvalue weighted by Crippen LogP contribution is -2.08. The van der Waals surface area contributed by atoms with Crippen LogP contribution in [0.15, 0.2) is 72.8 Å². The average Bonchev–Trinajstić information content (AvgIpc) is 3.15. The Morgan fingerprint density at radius 1 is 0.969 bits per heavy atom. The number of carboxylic acids is 1. The van der Waals surface area contributed by atoms with Crippen molar-refractivity contribution in [1.29, 1.82) is 0 Å². The first-order valence-electron chi connectivity index (χ1n) is 11.2. The second-order valence-electron chi connectivity index (χ2n) is 8.43. The van der Waals surface area contributed by atoms with Gasteiger partial charge in [0.25, 0.3) is 0 Å². The molecule has 1 N–H and O–H groups in total. The molecule has 5 rings (SSSR count). The van der Waals surface area contributed by atoms with Crippen molar-refractivity contribution in [3.63, 3.8) is 0 Å². The second kappa shape index (κ2) is 8.46. The Bertz CT molecular complexity index is 1330. The number of aromatic carboxylic acids is 1. The highest BCUT2D eigenvalue weighted by Gasteiger charge is 2.16. The molecule has 0 fully saturated rings. The smallest absolute Gasteiger partial charge is 0.336 e. The van der Waals surface area contributed by atoms with Crippen LogP contribution in [0.1, 0.15) is 53.0 Å². The quantitative estimate of drug-likeness (QED) is 0.389. The van der Waals surface area contributed by atoms with Gasteiger partial charge in [0.05, 0.1) is 23.1 Å². The van der Waals surface area contributed by atoms with Gasteiger partial charge in [-0.05, 0) is 67.0 Å². The van der Waals surface area contributed by atoms with Crippen molar-refractivity contribution < 1.29 is 9.90 Å².